The highest BCUT2D eigenvalue weighted by molar-refractivity contribution is 5.82. The molecule has 3 atom stereocenters. The average molecular weight is 220 g/mol. The van der Waals surface area contributed by atoms with Gasteiger partial charge in [0.05, 0.1) is 12.1 Å². The van der Waals surface area contributed by atoms with Crippen LogP contribution in [0, 0.1) is 5.92 Å². The minimum atomic E-state index is -1.15. The van der Waals surface area contributed by atoms with Crippen LogP contribution in [0.4, 0.5) is 4.39 Å². The van der Waals surface area contributed by atoms with E-state index in [0.29, 0.717) is 6.42 Å². The molecular formula is C10H21FN2O2. The molecule has 15 heavy (non-hydrogen) atoms. The Morgan fingerprint density at radius 3 is 2.40 bits per heavy atom. The third kappa shape index (κ3) is 4.57. The molecule has 90 valence electrons. The number of halogens is 1. The van der Waals surface area contributed by atoms with Gasteiger partial charge < -0.3 is 16.2 Å². The van der Waals surface area contributed by atoms with Crippen molar-refractivity contribution >= 4 is 5.91 Å². The lowest BCUT2D eigenvalue weighted by molar-refractivity contribution is -0.124. The Kier molecular flexibility index (Phi) is 6.43. The molecule has 0 aliphatic heterocycles. The SMILES string of the molecule is CCC(NC(=O)[C@@H](N)C(C)C)C(O)CF. The Morgan fingerprint density at radius 1 is 1.53 bits per heavy atom. The third-order valence-corrected chi connectivity index (χ3v) is 2.41. The van der Waals surface area contributed by atoms with Crippen molar-refractivity contribution in [2.75, 3.05) is 6.67 Å². The summed E-state index contributed by atoms with van der Waals surface area (Å²) in [6, 6.07) is -1.18. The molecule has 0 aliphatic rings. The van der Waals surface area contributed by atoms with Crippen molar-refractivity contribution in [1.29, 1.82) is 0 Å². The molecule has 2 unspecified atom stereocenters. The summed E-state index contributed by atoms with van der Waals surface area (Å²) in [5, 5.41) is 11.8. The van der Waals surface area contributed by atoms with Gasteiger partial charge in [0.2, 0.25) is 5.91 Å². The fourth-order valence-corrected chi connectivity index (χ4v) is 1.16. The minimum Gasteiger partial charge on any atom is -0.388 e. The van der Waals surface area contributed by atoms with Crippen LogP contribution in [-0.2, 0) is 4.79 Å². The van der Waals surface area contributed by atoms with Crippen molar-refractivity contribution in [3.63, 3.8) is 0 Å². The van der Waals surface area contributed by atoms with E-state index in [1.165, 1.54) is 0 Å². The largest absolute Gasteiger partial charge is 0.388 e. The number of amides is 1. The number of nitrogens with two attached hydrogens (primary N) is 1. The second-order valence-corrected chi connectivity index (χ2v) is 4.01. The van der Waals surface area contributed by atoms with Gasteiger partial charge in [-0.25, -0.2) is 4.39 Å². The van der Waals surface area contributed by atoms with E-state index in [4.69, 9.17) is 5.73 Å². The number of alkyl halides is 1. The number of hydrogen-bond donors (Lipinski definition) is 3. The van der Waals surface area contributed by atoms with Crippen LogP contribution in [0.2, 0.25) is 0 Å². The van der Waals surface area contributed by atoms with Gasteiger partial charge in [-0.05, 0) is 12.3 Å². The van der Waals surface area contributed by atoms with E-state index in [2.05, 4.69) is 5.32 Å². The molecule has 0 spiro atoms. The highest BCUT2D eigenvalue weighted by Crippen LogP contribution is 2.03. The molecule has 4 nitrogen and oxygen atoms in total. The zero-order valence-corrected chi connectivity index (χ0v) is 9.53. The fraction of sp³-hybridized carbons (Fsp3) is 0.900. The van der Waals surface area contributed by atoms with Gasteiger partial charge in [0.15, 0.2) is 0 Å². The molecule has 0 heterocycles. The van der Waals surface area contributed by atoms with E-state index in [0.717, 1.165) is 0 Å². The molecule has 0 rings (SSSR count). The molecule has 0 saturated carbocycles. The van der Waals surface area contributed by atoms with Crippen LogP contribution in [-0.4, -0.2) is 35.9 Å². The van der Waals surface area contributed by atoms with Crippen molar-refractivity contribution in [3.05, 3.63) is 0 Å². The summed E-state index contributed by atoms with van der Waals surface area (Å²) in [4.78, 5) is 11.5. The Bertz CT molecular complexity index is 200. The first-order valence-electron chi connectivity index (χ1n) is 5.24. The lowest BCUT2D eigenvalue weighted by atomic mass is 10.0. The number of carbonyl (C=O) groups is 1. The highest BCUT2D eigenvalue weighted by Gasteiger charge is 2.23. The fourth-order valence-electron chi connectivity index (χ4n) is 1.16. The van der Waals surface area contributed by atoms with E-state index in [1.807, 2.05) is 13.8 Å². The molecule has 0 fully saturated rings. The normalized spacial score (nSPS) is 17.3. The molecule has 0 aliphatic carbocycles. The molecule has 4 N–H and O–H groups in total. The quantitative estimate of drug-likeness (QED) is 0.598. The maximum atomic E-state index is 12.2. The van der Waals surface area contributed by atoms with Crippen molar-refractivity contribution in [3.8, 4) is 0 Å². The maximum absolute atomic E-state index is 12.2. The zero-order valence-electron chi connectivity index (χ0n) is 9.53. The zero-order chi connectivity index (χ0) is 12.0. The van der Waals surface area contributed by atoms with Gasteiger partial charge in [0, 0.05) is 0 Å². The van der Waals surface area contributed by atoms with Crippen LogP contribution >= 0.6 is 0 Å². The molecule has 0 saturated heterocycles. The summed E-state index contributed by atoms with van der Waals surface area (Å²) in [7, 11) is 0. The first-order valence-corrected chi connectivity index (χ1v) is 5.24. The summed E-state index contributed by atoms with van der Waals surface area (Å²) < 4.78 is 12.2. The van der Waals surface area contributed by atoms with Crippen LogP contribution in [0.15, 0.2) is 0 Å². The first kappa shape index (κ1) is 14.3. The van der Waals surface area contributed by atoms with Crippen LogP contribution in [0.25, 0.3) is 0 Å². The predicted octanol–water partition coefficient (Wildman–Crippen LogP) is 0.195. The summed E-state index contributed by atoms with van der Waals surface area (Å²) in [6.07, 6.45) is -0.680. The van der Waals surface area contributed by atoms with E-state index in [1.54, 1.807) is 6.92 Å². The number of aliphatic hydroxyl groups excluding tert-OH is 1. The molecular weight excluding hydrogens is 199 g/mol. The van der Waals surface area contributed by atoms with Crippen LogP contribution in [0.1, 0.15) is 27.2 Å². The lowest BCUT2D eigenvalue weighted by Gasteiger charge is -2.23. The van der Waals surface area contributed by atoms with Gasteiger partial charge in [0.1, 0.15) is 12.8 Å². The number of carbonyl (C=O) groups excluding carboxylic acids is 1. The summed E-state index contributed by atoms with van der Waals surface area (Å²) in [5.41, 5.74) is 5.62. The molecule has 1 amide bonds. The Balaban J connectivity index is 4.24. The monoisotopic (exact) mass is 220 g/mol. The topological polar surface area (TPSA) is 75.4 Å². The molecule has 0 bridgehead atoms. The number of nitrogens with one attached hydrogen (secondary N) is 1. The van der Waals surface area contributed by atoms with Crippen LogP contribution in [0.5, 0.6) is 0 Å². The smallest absolute Gasteiger partial charge is 0.237 e. The van der Waals surface area contributed by atoms with Crippen molar-refractivity contribution in [1.82, 2.24) is 5.32 Å². The van der Waals surface area contributed by atoms with Crippen molar-refractivity contribution < 1.29 is 14.3 Å². The molecule has 0 aromatic heterocycles. The second-order valence-electron chi connectivity index (χ2n) is 4.01. The van der Waals surface area contributed by atoms with Crippen molar-refractivity contribution in [2.24, 2.45) is 11.7 Å². The van der Waals surface area contributed by atoms with E-state index in [-0.39, 0.29) is 11.8 Å². The highest BCUT2D eigenvalue weighted by atomic mass is 19.1. The number of aliphatic hydroxyl groups is 1. The van der Waals surface area contributed by atoms with Gasteiger partial charge in [-0.15, -0.1) is 0 Å². The summed E-state index contributed by atoms with van der Waals surface area (Å²) in [6.45, 7) is 4.56. The second kappa shape index (κ2) is 6.74. The van der Waals surface area contributed by atoms with Gasteiger partial charge in [-0.2, -0.15) is 0 Å². The van der Waals surface area contributed by atoms with Gasteiger partial charge in [-0.1, -0.05) is 20.8 Å². The van der Waals surface area contributed by atoms with Gasteiger partial charge in [-0.3, -0.25) is 4.79 Å². The molecule has 5 heteroatoms. The Morgan fingerprint density at radius 2 is 2.07 bits per heavy atom. The van der Waals surface area contributed by atoms with Gasteiger partial charge >= 0.3 is 0 Å². The number of rotatable bonds is 6. The summed E-state index contributed by atoms with van der Waals surface area (Å²) >= 11 is 0. The van der Waals surface area contributed by atoms with E-state index in [9.17, 15) is 14.3 Å². The van der Waals surface area contributed by atoms with Crippen molar-refractivity contribution in [2.45, 2.75) is 45.4 Å². The number of hydrogen-bond acceptors (Lipinski definition) is 3. The van der Waals surface area contributed by atoms with Crippen LogP contribution < -0.4 is 11.1 Å². The van der Waals surface area contributed by atoms with Gasteiger partial charge in [0.25, 0.3) is 0 Å². The maximum Gasteiger partial charge on any atom is 0.237 e. The Labute approximate surface area is 90.0 Å². The molecule has 0 aromatic carbocycles. The summed E-state index contributed by atoms with van der Waals surface area (Å²) in [5.74, 6) is -0.325. The first-order chi connectivity index (χ1) is 6.93. The minimum absolute atomic E-state index is 0.0185. The van der Waals surface area contributed by atoms with E-state index < -0.39 is 24.9 Å². The molecule has 0 aromatic rings. The average Bonchev–Trinajstić information content (AvgIpc) is 2.22. The third-order valence-electron chi connectivity index (χ3n) is 2.41. The standard InChI is InChI=1S/C10H21FN2O2/c1-4-7(8(14)5-11)13-10(15)9(12)6(2)3/h6-9,14H,4-5,12H2,1-3H3,(H,13,15)/t7?,8?,9-/m0/s1. The van der Waals surface area contributed by atoms with Crippen LogP contribution in [0.3, 0.4) is 0 Å². The lowest BCUT2D eigenvalue weighted by Crippen LogP contribution is -2.51. The molecule has 0 radical (unpaired) electrons. The predicted molar refractivity (Wildman–Crippen MR) is 57.0 cm³/mol. The van der Waals surface area contributed by atoms with E-state index >= 15 is 0 Å². The Hall–Kier alpha value is -0.680.